The van der Waals surface area contributed by atoms with Crippen LogP contribution in [0.25, 0.3) is 0 Å². The highest BCUT2D eigenvalue weighted by Crippen LogP contribution is 2.18. The van der Waals surface area contributed by atoms with Gasteiger partial charge < -0.3 is 16.4 Å². The van der Waals surface area contributed by atoms with Gasteiger partial charge in [0.05, 0.1) is 0 Å². The van der Waals surface area contributed by atoms with E-state index in [4.69, 9.17) is 5.73 Å². The standard InChI is InChI=1S/C14H19N3O2/c1-9-6-11(14(15)19)2-3-12(9)17-13(18)7-10-4-5-16-8-10/h2-3,6,10,16H,4-5,7-8H2,1H3,(H2,15,19)(H,17,18). The molecule has 2 rings (SSSR count). The summed E-state index contributed by atoms with van der Waals surface area (Å²) in [5.74, 6) is -0.0215. The van der Waals surface area contributed by atoms with Crippen molar-refractivity contribution in [3.63, 3.8) is 0 Å². The highest BCUT2D eigenvalue weighted by atomic mass is 16.2. The second-order valence-electron chi connectivity index (χ2n) is 5.01. The number of carbonyl (C=O) groups excluding carboxylic acids is 2. The van der Waals surface area contributed by atoms with E-state index in [0.717, 1.165) is 30.8 Å². The Morgan fingerprint density at radius 1 is 1.47 bits per heavy atom. The van der Waals surface area contributed by atoms with Gasteiger partial charge in [-0.05, 0) is 56.1 Å². The summed E-state index contributed by atoms with van der Waals surface area (Å²) in [5.41, 5.74) is 7.24. The van der Waals surface area contributed by atoms with Gasteiger partial charge in [-0.15, -0.1) is 0 Å². The third-order valence-corrected chi connectivity index (χ3v) is 3.42. The molecule has 0 spiro atoms. The zero-order valence-electron chi connectivity index (χ0n) is 11.0. The molecule has 2 amide bonds. The van der Waals surface area contributed by atoms with Crippen molar-refractivity contribution in [3.05, 3.63) is 29.3 Å². The number of aryl methyl sites for hydroxylation is 1. The topological polar surface area (TPSA) is 84.2 Å². The number of benzene rings is 1. The predicted octanol–water partition coefficient (Wildman–Crippen LogP) is 1.03. The lowest BCUT2D eigenvalue weighted by molar-refractivity contribution is -0.116. The maximum atomic E-state index is 11.9. The van der Waals surface area contributed by atoms with Crippen molar-refractivity contribution in [1.82, 2.24) is 5.32 Å². The van der Waals surface area contributed by atoms with Gasteiger partial charge in [-0.3, -0.25) is 9.59 Å². The van der Waals surface area contributed by atoms with Crippen molar-refractivity contribution in [2.24, 2.45) is 11.7 Å². The summed E-state index contributed by atoms with van der Waals surface area (Å²) < 4.78 is 0. The molecule has 1 unspecified atom stereocenters. The molecule has 1 saturated heterocycles. The van der Waals surface area contributed by atoms with Crippen LogP contribution in [0, 0.1) is 12.8 Å². The molecule has 5 heteroatoms. The first-order valence-electron chi connectivity index (χ1n) is 6.47. The second kappa shape index (κ2) is 5.84. The fourth-order valence-electron chi connectivity index (χ4n) is 2.31. The molecule has 1 fully saturated rings. The van der Waals surface area contributed by atoms with Crippen molar-refractivity contribution in [2.75, 3.05) is 18.4 Å². The van der Waals surface area contributed by atoms with Crippen LogP contribution in [0.15, 0.2) is 18.2 Å². The Balaban J connectivity index is 1.98. The molecular weight excluding hydrogens is 242 g/mol. The van der Waals surface area contributed by atoms with Crippen molar-refractivity contribution >= 4 is 17.5 Å². The Labute approximate surface area is 112 Å². The first-order valence-corrected chi connectivity index (χ1v) is 6.47. The molecule has 1 aliphatic heterocycles. The fourth-order valence-corrected chi connectivity index (χ4v) is 2.31. The summed E-state index contributed by atoms with van der Waals surface area (Å²) in [6, 6.07) is 5.04. The molecule has 1 aromatic carbocycles. The molecule has 1 heterocycles. The SMILES string of the molecule is Cc1cc(C(N)=O)ccc1NC(=O)CC1CCNC1. The molecule has 0 aliphatic carbocycles. The molecule has 0 saturated carbocycles. The van der Waals surface area contributed by atoms with Crippen molar-refractivity contribution < 1.29 is 9.59 Å². The number of carbonyl (C=O) groups is 2. The summed E-state index contributed by atoms with van der Waals surface area (Å²) in [5, 5.41) is 6.13. The Kier molecular flexibility index (Phi) is 4.16. The van der Waals surface area contributed by atoms with Crippen LogP contribution in [-0.2, 0) is 4.79 Å². The number of amides is 2. The van der Waals surface area contributed by atoms with Crippen LogP contribution in [0.5, 0.6) is 0 Å². The van der Waals surface area contributed by atoms with Crippen LogP contribution >= 0.6 is 0 Å². The minimum absolute atomic E-state index is 0.0172. The Morgan fingerprint density at radius 2 is 2.26 bits per heavy atom. The molecule has 0 aromatic heterocycles. The lowest BCUT2D eigenvalue weighted by Gasteiger charge is -2.11. The van der Waals surface area contributed by atoms with Crippen molar-refractivity contribution in [2.45, 2.75) is 19.8 Å². The van der Waals surface area contributed by atoms with E-state index in [1.807, 2.05) is 6.92 Å². The average molecular weight is 261 g/mol. The largest absolute Gasteiger partial charge is 0.366 e. The van der Waals surface area contributed by atoms with E-state index in [9.17, 15) is 9.59 Å². The van der Waals surface area contributed by atoms with Crippen LogP contribution in [0.4, 0.5) is 5.69 Å². The smallest absolute Gasteiger partial charge is 0.248 e. The molecular formula is C14H19N3O2. The summed E-state index contributed by atoms with van der Waals surface area (Å²) in [6.45, 7) is 3.75. The number of anilines is 1. The maximum Gasteiger partial charge on any atom is 0.248 e. The fraction of sp³-hybridized carbons (Fsp3) is 0.429. The third kappa shape index (κ3) is 3.54. The summed E-state index contributed by atoms with van der Waals surface area (Å²) in [6.07, 6.45) is 1.58. The van der Waals surface area contributed by atoms with Crippen molar-refractivity contribution in [3.8, 4) is 0 Å². The van der Waals surface area contributed by atoms with Crippen LogP contribution in [-0.4, -0.2) is 24.9 Å². The van der Waals surface area contributed by atoms with E-state index >= 15 is 0 Å². The first kappa shape index (κ1) is 13.5. The minimum atomic E-state index is -0.460. The van der Waals surface area contributed by atoms with E-state index in [0.29, 0.717) is 17.9 Å². The van der Waals surface area contributed by atoms with Gasteiger partial charge in [0.15, 0.2) is 0 Å². The Hall–Kier alpha value is -1.88. The van der Waals surface area contributed by atoms with E-state index in [1.165, 1.54) is 0 Å². The zero-order valence-corrected chi connectivity index (χ0v) is 11.0. The lowest BCUT2D eigenvalue weighted by Crippen LogP contribution is -2.19. The number of nitrogens with two attached hydrogens (primary N) is 1. The van der Waals surface area contributed by atoms with Crippen LogP contribution in [0.2, 0.25) is 0 Å². The van der Waals surface area contributed by atoms with E-state index in [1.54, 1.807) is 18.2 Å². The number of hydrogen-bond donors (Lipinski definition) is 3. The monoisotopic (exact) mass is 261 g/mol. The average Bonchev–Trinajstić information content (AvgIpc) is 2.84. The summed E-state index contributed by atoms with van der Waals surface area (Å²) in [7, 11) is 0. The molecule has 1 aromatic rings. The van der Waals surface area contributed by atoms with Gasteiger partial charge in [0.2, 0.25) is 11.8 Å². The molecule has 19 heavy (non-hydrogen) atoms. The minimum Gasteiger partial charge on any atom is -0.366 e. The Bertz CT molecular complexity index is 493. The van der Waals surface area contributed by atoms with Gasteiger partial charge in [0.1, 0.15) is 0 Å². The van der Waals surface area contributed by atoms with Gasteiger partial charge in [0, 0.05) is 17.7 Å². The van der Waals surface area contributed by atoms with Crippen LogP contribution in [0.1, 0.15) is 28.8 Å². The van der Waals surface area contributed by atoms with E-state index in [2.05, 4.69) is 10.6 Å². The normalized spacial score (nSPS) is 18.3. The van der Waals surface area contributed by atoms with Gasteiger partial charge in [-0.2, -0.15) is 0 Å². The second-order valence-corrected chi connectivity index (χ2v) is 5.01. The molecule has 1 atom stereocenters. The number of hydrogen-bond acceptors (Lipinski definition) is 3. The predicted molar refractivity (Wildman–Crippen MR) is 73.9 cm³/mol. The lowest BCUT2D eigenvalue weighted by atomic mass is 10.0. The summed E-state index contributed by atoms with van der Waals surface area (Å²) in [4.78, 5) is 23.0. The molecule has 5 nitrogen and oxygen atoms in total. The number of rotatable bonds is 4. The highest BCUT2D eigenvalue weighted by Gasteiger charge is 2.18. The summed E-state index contributed by atoms with van der Waals surface area (Å²) >= 11 is 0. The van der Waals surface area contributed by atoms with Gasteiger partial charge >= 0.3 is 0 Å². The maximum absolute atomic E-state index is 11.9. The number of nitrogens with one attached hydrogen (secondary N) is 2. The third-order valence-electron chi connectivity index (χ3n) is 3.42. The molecule has 0 bridgehead atoms. The quantitative estimate of drug-likeness (QED) is 0.757. The van der Waals surface area contributed by atoms with Crippen molar-refractivity contribution in [1.29, 1.82) is 0 Å². The van der Waals surface area contributed by atoms with Crippen LogP contribution in [0.3, 0.4) is 0 Å². The first-order chi connectivity index (χ1) is 9.06. The van der Waals surface area contributed by atoms with Gasteiger partial charge in [0.25, 0.3) is 0 Å². The number of primary amides is 1. The van der Waals surface area contributed by atoms with Crippen LogP contribution < -0.4 is 16.4 Å². The van der Waals surface area contributed by atoms with Gasteiger partial charge in [-0.25, -0.2) is 0 Å². The Morgan fingerprint density at radius 3 is 2.84 bits per heavy atom. The molecule has 0 radical (unpaired) electrons. The highest BCUT2D eigenvalue weighted by molar-refractivity contribution is 5.95. The van der Waals surface area contributed by atoms with E-state index in [-0.39, 0.29) is 5.91 Å². The zero-order chi connectivity index (χ0) is 13.8. The molecule has 4 N–H and O–H groups in total. The molecule has 102 valence electrons. The van der Waals surface area contributed by atoms with E-state index < -0.39 is 5.91 Å². The molecule has 1 aliphatic rings. The van der Waals surface area contributed by atoms with Gasteiger partial charge in [-0.1, -0.05) is 0 Å².